The Kier molecular flexibility index (Phi) is 2.64. The van der Waals surface area contributed by atoms with Crippen LogP contribution >= 0.6 is 0 Å². The number of carboxylic acid groups (broad SMARTS) is 1. The van der Waals surface area contributed by atoms with Crippen molar-refractivity contribution >= 4 is 5.97 Å². The number of ether oxygens (including phenoxy) is 1. The highest BCUT2D eigenvalue weighted by molar-refractivity contribution is 5.95. The number of hydrogen-bond acceptors (Lipinski definition) is 2. The van der Waals surface area contributed by atoms with Gasteiger partial charge in [-0.2, -0.15) is 0 Å². The summed E-state index contributed by atoms with van der Waals surface area (Å²) in [7, 11) is 1.59. The molecule has 1 heterocycles. The quantitative estimate of drug-likeness (QED) is 0.829. The number of nitrogens with one attached hydrogen (secondary N) is 1. The van der Waals surface area contributed by atoms with E-state index in [-0.39, 0.29) is 5.56 Å². The molecule has 82 valence electrons. The zero-order valence-corrected chi connectivity index (χ0v) is 8.73. The topological polar surface area (TPSA) is 62.3 Å². The molecule has 1 aromatic carbocycles. The number of methoxy groups -OCH3 is 1. The third-order valence-corrected chi connectivity index (χ3v) is 2.38. The van der Waals surface area contributed by atoms with Crippen molar-refractivity contribution in [2.45, 2.75) is 0 Å². The molecule has 1 aromatic heterocycles. The molecule has 0 saturated heterocycles. The Hall–Kier alpha value is -2.23. The Morgan fingerprint density at radius 1 is 1.25 bits per heavy atom. The predicted molar refractivity (Wildman–Crippen MR) is 59.7 cm³/mol. The largest absolute Gasteiger partial charge is 0.497 e. The molecule has 0 aliphatic heterocycles. The van der Waals surface area contributed by atoms with Crippen molar-refractivity contribution in [1.29, 1.82) is 0 Å². The van der Waals surface area contributed by atoms with Gasteiger partial charge in [0, 0.05) is 18.0 Å². The van der Waals surface area contributed by atoms with Gasteiger partial charge >= 0.3 is 5.97 Å². The molecule has 2 aromatic rings. The summed E-state index contributed by atoms with van der Waals surface area (Å²) in [5.41, 5.74) is 1.79. The van der Waals surface area contributed by atoms with Crippen LogP contribution in [0.2, 0.25) is 0 Å². The van der Waals surface area contributed by atoms with E-state index in [9.17, 15) is 4.79 Å². The van der Waals surface area contributed by atoms with Crippen LogP contribution in [0, 0.1) is 0 Å². The summed E-state index contributed by atoms with van der Waals surface area (Å²) in [6, 6.07) is 7.25. The minimum Gasteiger partial charge on any atom is -0.497 e. The van der Waals surface area contributed by atoms with Gasteiger partial charge in [0.1, 0.15) is 5.75 Å². The molecule has 2 rings (SSSR count). The van der Waals surface area contributed by atoms with Crippen molar-refractivity contribution in [1.82, 2.24) is 4.98 Å². The minimum absolute atomic E-state index is 0.269. The highest BCUT2D eigenvalue weighted by Gasteiger charge is 2.12. The molecule has 0 atom stereocenters. The number of carboxylic acids is 1. The third kappa shape index (κ3) is 1.77. The zero-order valence-electron chi connectivity index (χ0n) is 8.73. The van der Waals surface area contributed by atoms with Crippen LogP contribution in [-0.4, -0.2) is 23.2 Å². The maximum Gasteiger partial charge on any atom is 0.337 e. The molecule has 0 spiro atoms. The first kappa shape index (κ1) is 10.3. The predicted octanol–water partition coefficient (Wildman–Crippen LogP) is 2.39. The number of benzene rings is 1. The van der Waals surface area contributed by atoms with E-state index < -0.39 is 5.97 Å². The van der Waals surface area contributed by atoms with Crippen LogP contribution in [0.15, 0.2) is 36.7 Å². The van der Waals surface area contributed by atoms with Crippen LogP contribution in [0.4, 0.5) is 0 Å². The van der Waals surface area contributed by atoms with Crippen LogP contribution in [0.5, 0.6) is 5.75 Å². The lowest BCUT2D eigenvalue weighted by Gasteiger charge is -2.02. The molecule has 16 heavy (non-hydrogen) atoms. The van der Waals surface area contributed by atoms with Gasteiger partial charge in [0.15, 0.2) is 0 Å². The standard InChI is InChI=1S/C12H11NO3/c1-16-9-4-2-8(3-5-9)10-6-13-7-11(10)12(14)15/h2-7,13H,1H3,(H,14,15). The maximum atomic E-state index is 10.9. The molecule has 0 radical (unpaired) electrons. The van der Waals surface area contributed by atoms with Gasteiger partial charge in [0.2, 0.25) is 0 Å². The molecule has 0 unspecified atom stereocenters. The Bertz CT molecular complexity index is 499. The van der Waals surface area contributed by atoms with E-state index in [0.29, 0.717) is 5.56 Å². The summed E-state index contributed by atoms with van der Waals surface area (Å²) in [6.07, 6.45) is 3.15. The van der Waals surface area contributed by atoms with Crippen molar-refractivity contribution in [2.75, 3.05) is 7.11 Å². The van der Waals surface area contributed by atoms with E-state index in [2.05, 4.69) is 4.98 Å². The monoisotopic (exact) mass is 217 g/mol. The summed E-state index contributed by atoms with van der Waals surface area (Å²) in [5, 5.41) is 8.97. The van der Waals surface area contributed by atoms with Crippen LogP contribution in [0.1, 0.15) is 10.4 Å². The van der Waals surface area contributed by atoms with Crippen molar-refractivity contribution in [3.8, 4) is 16.9 Å². The van der Waals surface area contributed by atoms with E-state index in [1.165, 1.54) is 6.20 Å². The van der Waals surface area contributed by atoms with Gasteiger partial charge in [-0.25, -0.2) is 4.79 Å². The summed E-state index contributed by atoms with van der Waals surface area (Å²) in [4.78, 5) is 13.7. The molecule has 0 aliphatic carbocycles. The number of aromatic nitrogens is 1. The fourth-order valence-corrected chi connectivity index (χ4v) is 1.55. The summed E-state index contributed by atoms with van der Waals surface area (Å²) in [5.74, 6) is -0.191. The summed E-state index contributed by atoms with van der Waals surface area (Å²) < 4.78 is 5.04. The second kappa shape index (κ2) is 4.10. The molecule has 4 nitrogen and oxygen atoms in total. The van der Waals surface area contributed by atoms with Gasteiger partial charge in [0.05, 0.1) is 12.7 Å². The number of H-pyrrole nitrogens is 1. The maximum absolute atomic E-state index is 10.9. The van der Waals surface area contributed by atoms with E-state index in [0.717, 1.165) is 11.3 Å². The van der Waals surface area contributed by atoms with E-state index in [1.54, 1.807) is 25.4 Å². The number of rotatable bonds is 3. The fourth-order valence-electron chi connectivity index (χ4n) is 1.55. The first-order valence-corrected chi connectivity index (χ1v) is 4.77. The second-order valence-electron chi connectivity index (χ2n) is 3.32. The molecule has 0 saturated carbocycles. The number of aromatic amines is 1. The van der Waals surface area contributed by atoms with Gasteiger partial charge in [-0.1, -0.05) is 12.1 Å². The van der Waals surface area contributed by atoms with Crippen molar-refractivity contribution in [3.05, 3.63) is 42.2 Å². The van der Waals surface area contributed by atoms with E-state index >= 15 is 0 Å². The van der Waals surface area contributed by atoms with Gasteiger partial charge in [-0.05, 0) is 17.7 Å². The van der Waals surface area contributed by atoms with Crippen molar-refractivity contribution < 1.29 is 14.6 Å². The molecule has 0 fully saturated rings. The Labute approximate surface area is 92.5 Å². The zero-order chi connectivity index (χ0) is 11.5. The normalized spacial score (nSPS) is 10.1. The molecule has 0 aliphatic rings. The number of aromatic carboxylic acids is 1. The van der Waals surface area contributed by atoms with E-state index in [4.69, 9.17) is 9.84 Å². The molecule has 2 N–H and O–H groups in total. The minimum atomic E-state index is -0.938. The average molecular weight is 217 g/mol. The first-order valence-electron chi connectivity index (χ1n) is 4.77. The van der Waals surface area contributed by atoms with Crippen molar-refractivity contribution in [3.63, 3.8) is 0 Å². The third-order valence-electron chi connectivity index (χ3n) is 2.38. The number of carbonyl (C=O) groups is 1. The van der Waals surface area contributed by atoms with Gasteiger partial charge in [0.25, 0.3) is 0 Å². The average Bonchev–Trinajstić information content (AvgIpc) is 2.78. The lowest BCUT2D eigenvalue weighted by atomic mass is 10.0. The van der Waals surface area contributed by atoms with Gasteiger partial charge in [-0.15, -0.1) is 0 Å². The second-order valence-corrected chi connectivity index (χ2v) is 3.32. The molecular weight excluding hydrogens is 206 g/mol. The van der Waals surface area contributed by atoms with Crippen LogP contribution < -0.4 is 4.74 Å². The smallest absolute Gasteiger partial charge is 0.337 e. The SMILES string of the molecule is COc1ccc(-c2c[nH]cc2C(=O)O)cc1. The molecular formula is C12H11NO3. The van der Waals surface area contributed by atoms with Crippen LogP contribution in [-0.2, 0) is 0 Å². The Balaban J connectivity index is 2.42. The number of hydrogen-bond donors (Lipinski definition) is 2. The lowest BCUT2D eigenvalue weighted by Crippen LogP contribution is -1.95. The summed E-state index contributed by atoms with van der Waals surface area (Å²) in [6.45, 7) is 0. The fraction of sp³-hybridized carbons (Fsp3) is 0.0833. The van der Waals surface area contributed by atoms with Gasteiger partial charge < -0.3 is 14.8 Å². The van der Waals surface area contributed by atoms with Crippen LogP contribution in [0.25, 0.3) is 11.1 Å². The molecule has 4 heteroatoms. The Morgan fingerprint density at radius 3 is 2.50 bits per heavy atom. The summed E-state index contributed by atoms with van der Waals surface area (Å²) >= 11 is 0. The van der Waals surface area contributed by atoms with E-state index in [1.807, 2.05) is 12.1 Å². The lowest BCUT2D eigenvalue weighted by molar-refractivity contribution is 0.0698. The first-order chi connectivity index (χ1) is 7.72. The van der Waals surface area contributed by atoms with Gasteiger partial charge in [-0.3, -0.25) is 0 Å². The van der Waals surface area contributed by atoms with Crippen molar-refractivity contribution in [2.24, 2.45) is 0 Å². The Morgan fingerprint density at radius 2 is 1.94 bits per heavy atom. The molecule has 0 bridgehead atoms. The van der Waals surface area contributed by atoms with Crippen LogP contribution in [0.3, 0.4) is 0 Å². The highest BCUT2D eigenvalue weighted by Crippen LogP contribution is 2.25. The highest BCUT2D eigenvalue weighted by atomic mass is 16.5. The molecule has 0 amide bonds.